The van der Waals surface area contributed by atoms with Crippen molar-refractivity contribution in [2.24, 2.45) is 4.99 Å². The van der Waals surface area contributed by atoms with Crippen LogP contribution in [0.1, 0.15) is 17.5 Å². The summed E-state index contributed by atoms with van der Waals surface area (Å²) in [4.78, 5) is 9.33. The van der Waals surface area contributed by atoms with Gasteiger partial charge in [-0.2, -0.15) is 5.10 Å². The van der Waals surface area contributed by atoms with Crippen LogP contribution in [0.2, 0.25) is 0 Å². The molecular weight excluding hydrogens is 324 g/mol. The van der Waals surface area contributed by atoms with E-state index in [0.717, 1.165) is 58.2 Å². The van der Waals surface area contributed by atoms with Gasteiger partial charge in [0.2, 0.25) is 0 Å². The molecule has 0 unspecified atom stereocenters. The normalized spacial score (nSPS) is 16.1. The third-order valence-electron chi connectivity index (χ3n) is 4.74. The number of hydrogen-bond acceptors (Lipinski definition) is 3. The first kappa shape index (κ1) is 18.5. The van der Waals surface area contributed by atoms with Crippen LogP contribution in [0.25, 0.3) is 0 Å². The van der Waals surface area contributed by atoms with E-state index >= 15 is 0 Å². The Morgan fingerprint density at radius 1 is 1.15 bits per heavy atom. The first-order valence-electron chi connectivity index (χ1n) is 9.45. The van der Waals surface area contributed by atoms with E-state index in [1.54, 1.807) is 0 Å². The number of piperazine rings is 1. The molecule has 140 valence electrons. The van der Waals surface area contributed by atoms with Crippen LogP contribution < -0.4 is 5.32 Å². The minimum absolute atomic E-state index is 0.913. The number of aliphatic imine (C=N–C) groups is 1. The summed E-state index contributed by atoms with van der Waals surface area (Å²) in [5.74, 6) is 1.01. The van der Waals surface area contributed by atoms with Gasteiger partial charge in [-0.05, 0) is 24.5 Å². The molecule has 1 aromatic heterocycles. The zero-order valence-corrected chi connectivity index (χ0v) is 15.9. The van der Waals surface area contributed by atoms with Crippen LogP contribution in [0.4, 0.5) is 0 Å². The summed E-state index contributed by atoms with van der Waals surface area (Å²) in [6, 6.07) is 10.7. The van der Waals surface area contributed by atoms with Gasteiger partial charge < -0.3 is 10.2 Å². The summed E-state index contributed by atoms with van der Waals surface area (Å²) in [6.45, 7) is 9.13. The van der Waals surface area contributed by atoms with Gasteiger partial charge in [0.05, 0.1) is 6.20 Å². The summed E-state index contributed by atoms with van der Waals surface area (Å²) in [5, 5.41) is 7.82. The molecule has 1 aliphatic heterocycles. The molecule has 1 aliphatic rings. The van der Waals surface area contributed by atoms with Crippen LogP contribution in [0, 0.1) is 6.92 Å². The van der Waals surface area contributed by atoms with E-state index in [9.17, 15) is 0 Å². The lowest BCUT2D eigenvalue weighted by Gasteiger charge is -2.36. The first-order chi connectivity index (χ1) is 12.7. The molecule has 6 heteroatoms. The number of guanidine groups is 1. The lowest BCUT2D eigenvalue weighted by molar-refractivity contribution is 0.172. The number of nitrogens with zero attached hydrogens (tertiary/aromatic N) is 5. The Morgan fingerprint density at radius 3 is 2.58 bits per heavy atom. The van der Waals surface area contributed by atoms with Gasteiger partial charge in [-0.3, -0.25) is 14.6 Å². The topological polar surface area (TPSA) is 48.7 Å². The highest BCUT2D eigenvalue weighted by molar-refractivity contribution is 5.79. The van der Waals surface area contributed by atoms with E-state index in [1.807, 2.05) is 17.9 Å². The molecule has 0 bridgehead atoms. The van der Waals surface area contributed by atoms with E-state index in [1.165, 1.54) is 11.1 Å². The van der Waals surface area contributed by atoms with Crippen molar-refractivity contribution in [3.8, 4) is 0 Å². The molecule has 1 N–H and O–H groups in total. The predicted octanol–water partition coefficient (Wildman–Crippen LogP) is 1.97. The highest BCUT2D eigenvalue weighted by Gasteiger charge is 2.19. The Labute approximate surface area is 156 Å². The van der Waals surface area contributed by atoms with Crippen molar-refractivity contribution in [1.29, 1.82) is 0 Å². The van der Waals surface area contributed by atoms with Crippen molar-refractivity contribution < 1.29 is 0 Å². The molecule has 0 amide bonds. The highest BCUT2D eigenvalue weighted by Crippen LogP contribution is 2.08. The average molecular weight is 355 g/mol. The number of nitrogens with one attached hydrogen (secondary N) is 1. The van der Waals surface area contributed by atoms with Crippen molar-refractivity contribution in [2.45, 2.75) is 26.4 Å². The molecule has 1 saturated heterocycles. The van der Waals surface area contributed by atoms with Crippen LogP contribution in [-0.4, -0.2) is 65.3 Å². The van der Waals surface area contributed by atoms with Crippen LogP contribution in [-0.2, 0) is 13.1 Å². The Balaban J connectivity index is 1.38. The van der Waals surface area contributed by atoms with Gasteiger partial charge in [0.25, 0.3) is 0 Å². The zero-order chi connectivity index (χ0) is 18.2. The monoisotopic (exact) mass is 354 g/mol. The fraction of sp³-hybridized carbons (Fsp3) is 0.500. The minimum Gasteiger partial charge on any atom is -0.356 e. The SMILES string of the molecule is CN=C(NCCCn1cc(C)cn1)N1CCN(Cc2ccccc2)CC1. The van der Waals surface area contributed by atoms with Crippen molar-refractivity contribution in [1.82, 2.24) is 24.9 Å². The molecular formula is C20H30N6. The molecule has 1 aromatic carbocycles. The van der Waals surface area contributed by atoms with Gasteiger partial charge in [-0.1, -0.05) is 30.3 Å². The Kier molecular flexibility index (Phi) is 6.66. The lowest BCUT2D eigenvalue weighted by Crippen LogP contribution is -2.52. The molecule has 2 aromatic rings. The molecule has 0 aliphatic carbocycles. The van der Waals surface area contributed by atoms with E-state index in [-0.39, 0.29) is 0 Å². The van der Waals surface area contributed by atoms with E-state index in [0.29, 0.717) is 0 Å². The number of aryl methyl sites for hydroxylation is 2. The van der Waals surface area contributed by atoms with E-state index in [4.69, 9.17) is 0 Å². The number of benzene rings is 1. The Bertz CT molecular complexity index is 685. The fourth-order valence-corrected chi connectivity index (χ4v) is 3.32. The molecule has 0 spiro atoms. The summed E-state index contributed by atoms with van der Waals surface area (Å²) in [7, 11) is 1.87. The quantitative estimate of drug-likeness (QED) is 0.490. The number of aromatic nitrogens is 2. The van der Waals surface area contributed by atoms with E-state index in [2.05, 4.69) is 68.7 Å². The smallest absolute Gasteiger partial charge is 0.193 e. The van der Waals surface area contributed by atoms with Crippen molar-refractivity contribution >= 4 is 5.96 Å². The van der Waals surface area contributed by atoms with Crippen molar-refractivity contribution in [3.63, 3.8) is 0 Å². The van der Waals surface area contributed by atoms with Crippen LogP contribution >= 0.6 is 0 Å². The maximum atomic E-state index is 4.46. The second kappa shape index (κ2) is 9.38. The predicted molar refractivity (Wildman–Crippen MR) is 106 cm³/mol. The second-order valence-electron chi connectivity index (χ2n) is 6.86. The number of hydrogen-bond donors (Lipinski definition) is 1. The minimum atomic E-state index is 0.913. The Hall–Kier alpha value is -2.34. The maximum absolute atomic E-state index is 4.46. The summed E-state index contributed by atoms with van der Waals surface area (Å²) < 4.78 is 2.00. The van der Waals surface area contributed by atoms with Gasteiger partial charge >= 0.3 is 0 Å². The van der Waals surface area contributed by atoms with Crippen LogP contribution in [0.15, 0.2) is 47.7 Å². The molecule has 0 saturated carbocycles. The van der Waals surface area contributed by atoms with Gasteiger partial charge in [0, 0.05) is 59.1 Å². The highest BCUT2D eigenvalue weighted by atomic mass is 15.3. The summed E-state index contributed by atoms with van der Waals surface area (Å²) >= 11 is 0. The largest absolute Gasteiger partial charge is 0.356 e. The molecule has 1 fully saturated rings. The summed E-state index contributed by atoms with van der Waals surface area (Å²) in [5.41, 5.74) is 2.60. The zero-order valence-electron chi connectivity index (χ0n) is 15.9. The van der Waals surface area contributed by atoms with Gasteiger partial charge in [0.1, 0.15) is 0 Å². The molecule has 6 nitrogen and oxygen atoms in total. The third kappa shape index (κ3) is 5.33. The number of rotatable bonds is 6. The van der Waals surface area contributed by atoms with Crippen LogP contribution in [0.5, 0.6) is 0 Å². The molecule has 0 radical (unpaired) electrons. The maximum Gasteiger partial charge on any atom is 0.193 e. The van der Waals surface area contributed by atoms with E-state index < -0.39 is 0 Å². The van der Waals surface area contributed by atoms with Crippen molar-refractivity contribution in [3.05, 3.63) is 53.9 Å². The van der Waals surface area contributed by atoms with Gasteiger partial charge in [-0.15, -0.1) is 0 Å². The van der Waals surface area contributed by atoms with Crippen molar-refractivity contribution in [2.75, 3.05) is 39.8 Å². The summed E-state index contributed by atoms with van der Waals surface area (Å²) in [6.07, 6.45) is 5.02. The average Bonchev–Trinajstić information content (AvgIpc) is 3.09. The Morgan fingerprint density at radius 2 is 1.92 bits per heavy atom. The molecule has 2 heterocycles. The molecule has 26 heavy (non-hydrogen) atoms. The second-order valence-corrected chi connectivity index (χ2v) is 6.86. The first-order valence-corrected chi connectivity index (χ1v) is 9.45. The lowest BCUT2D eigenvalue weighted by atomic mass is 10.2. The van der Waals surface area contributed by atoms with Gasteiger partial charge in [0.15, 0.2) is 5.96 Å². The van der Waals surface area contributed by atoms with Crippen LogP contribution in [0.3, 0.4) is 0 Å². The van der Waals surface area contributed by atoms with Gasteiger partial charge in [-0.25, -0.2) is 0 Å². The molecule has 0 atom stereocenters. The third-order valence-corrected chi connectivity index (χ3v) is 4.74. The molecule has 3 rings (SSSR count). The fourth-order valence-electron chi connectivity index (χ4n) is 3.32. The standard InChI is InChI=1S/C20H30N6/c1-18-15-23-26(16-18)10-6-9-22-20(21-2)25-13-11-24(12-14-25)17-19-7-4-3-5-8-19/h3-5,7-8,15-16H,6,9-14,17H2,1-2H3,(H,21,22).